The van der Waals surface area contributed by atoms with Crippen LogP contribution in [0.2, 0.25) is 0 Å². The van der Waals surface area contributed by atoms with Gasteiger partial charge in [0.25, 0.3) is 6.01 Å². The van der Waals surface area contributed by atoms with E-state index in [2.05, 4.69) is 20.6 Å². The first kappa shape index (κ1) is 24.0. The highest BCUT2D eigenvalue weighted by molar-refractivity contribution is 5.76. The third-order valence-electron chi connectivity index (χ3n) is 4.38. The Balaban J connectivity index is 1.55. The third kappa shape index (κ3) is 7.48. The Bertz CT molecular complexity index is 1130. The monoisotopic (exact) mass is 456 g/mol. The van der Waals surface area contributed by atoms with E-state index in [1.807, 2.05) is 26.0 Å². The van der Waals surface area contributed by atoms with Crippen LogP contribution in [0.5, 0.6) is 5.75 Å². The van der Waals surface area contributed by atoms with E-state index in [4.69, 9.17) is 13.9 Å². The summed E-state index contributed by atoms with van der Waals surface area (Å²) >= 11 is 0. The van der Waals surface area contributed by atoms with Crippen LogP contribution in [0.3, 0.4) is 0 Å². The first-order chi connectivity index (χ1) is 15.6. The minimum atomic E-state index is -0.628. The molecule has 0 radical (unpaired) electrons. The van der Waals surface area contributed by atoms with Crippen molar-refractivity contribution in [3.05, 3.63) is 59.2 Å². The van der Waals surface area contributed by atoms with Gasteiger partial charge in [-0.15, -0.1) is 0 Å². The zero-order valence-corrected chi connectivity index (χ0v) is 19.5. The van der Waals surface area contributed by atoms with Crippen molar-refractivity contribution in [2.75, 3.05) is 18.5 Å². The van der Waals surface area contributed by atoms with Crippen LogP contribution in [0.25, 0.3) is 11.1 Å². The number of alkyl carbamates (subject to hydrolysis) is 1. The molecule has 176 valence electrons. The molecule has 3 aromatic rings. The molecule has 1 amide bonds. The second-order valence-electron chi connectivity index (χ2n) is 8.67. The van der Waals surface area contributed by atoms with Gasteiger partial charge in [-0.3, -0.25) is 4.98 Å². The summed E-state index contributed by atoms with van der Waals surface area (Å²) < 4.78 is 29.8. The van der Waals surface area contributed by atoms with Crippen molar-refractivity contribution >= 4 is 23.2 Å². The van der Waals surface area contributed by atoms with E-state index in [1.165, 1.54) is 0 Å². The number of hydrogen-bond donors (Lipinski definition) is 2. The number of nitrogens with one attached hydrogen (secondary N) is 2. The van der Waals surface area contributed by atoms with Crippen molar-refractivity contribution in [1.29, 1.82) is 0 Å². The molecule has 0 saturated carbocycles. The fraction of sp³-hybridized carbons (Fsp3) is 0.375. The highest BCUT2D eigenvalue weighted by Crippen LogP contribution is 2.24. The summed E-state index contributed by atoms with van der Waals surface area (Å²) in [6.45, 7) is 9.64. The highest BCUT2D eigenvalue weighted by atomic mass is 19.1. The SMILES string of the molecule is Cc1cc(CNc2nc3ccc(OC/C(=C/F)CNC(=O)OC(C)(C)C)cc3o2)cc(C)n1. The Labute approximate surface area is 192 Å². The van der Waals surface area contributed by atoms with Gasteiger partial charge in [-0.2, -0.15) is 4.98 Å². The number of aryl methyl sites for hydroxylation is 2. The number of anilines is 1. The molecule has 0 spiro atoms. The summed E-state index contributed by atoms with van der Waals surface area (Å²) in [5, 5.41) is 5.67. The van der Waals surface area contributed by atoms with Gasteiger partial charge in [0, 0.05) is 36.1 Å². The topological polar surface area (TPSA) is 98.5 Å². The van der Waals surface area contributed by atoms with E-state index in [9.17, 15) is 9.18 Å². The second-order valence-corrected chi connectivity index (χ2v) is 8.67. The van der Waals surface area contributed by atoms with Crippen molar-refractivity contribution in [1.82, 2.24) is 15.3 Å². The van der Waals surface area contributed by atoms with E-state index in [1.54, 1.807) is 39.0 Å². The minimum absolute atomic E-state index is 0.0298. The summed E-state index contributed by atoms with van der Waals surface area (Å²) in [5.74, 6) is 0.488. The van der Waals surface area contributed by atoms with Crippen LogP contribution in [-0.4, -0.2) is 34.8 Å². The van der Waals surface area contributed by atoms with Gasteiger partial charge < -0.3 is 24.5 Å². The van der Waals surface area contributed by atoms with Gasteiger partial charge >= 0.3 is 6.09 Å². The van der Waals surface area contributed by atoms with Gasteiger partial charge in [0.1, 0.15) is 23.5 Å². The van der Waals surface area contributed by atoms with Crippen LogP contribution < -0.4 is 15.4 Å². The Kier molecular flexibility index (Phi) is 7.52. The molecule has 2 aromatic heterocycles. The molecule has 0 aliphatic rings. The normalized spacial score (nSPS) is 12.0. The summed E-state index contributed by atoms with van der Waals surface area (Å²) in [6.07, 6.45) is -0.211. The first-order valence-electron chi connectivity index (χ1n) is 10.6. The molecule has 3 rings (SSSR count). The predicted molar refractivity (Wildman–Crippen MR) is 124 cm³/mol. The van der Waals surface area contributed by atoms with E-state index in [-0.39, 0.29) is 18.7 Å². The second kappa shape index (κ2) is 10.3. The van der Waals surface area contributed by atoms with Gasteiger partial charge in [-0.05, 0) is 64.4 Å². The largest absolute Gasteiger partial charge is 0.489 e. The molecule has 0 saturated heterocycles. The zero-order chi connectivity index (χ0) is 24.0. The lowest BCUT2D eigenvalue weighted by molar-refractivity contribution is 0.0531. The lowest BCUT2D eigenvalue weighted by Gasteiger charge is -2.20. The molecule has 0 aliphatic heterocycles. The Hall–Kier alpha value is -3.62. The molecule has 1 aromatic carbocycles. The maximum Gasteiger partial charge on any atom is 0.407 e. The quantitative estimate of drug-likeness (QED) is 0.480. The number of aromatic nitrogens is 2. The molecule has 0 bridgehead atoms. The number of nitrogens with zero attached hydrogens (tertiary/aromatic N) is 2. The van der Waals surface area contributed by atoms with Crippen molar-refractivity contribution in [3.8, 4) is 5.75 Å². The molecular formula is C24H29FN4O4. The molecule has 33 heavy (non-hydrogen) atoms. The Morgan fingerprint density at radius 1 is 1.15 bits per heavy atom. The number of oxazole rings is 1. The number of ether oxygens (including phenoxy) is 2. The van der Waals surface area contributed by atoms with Crippen LogP contribution in [0, 0.1) is 13.8 Å². The van der Waals surface area contributed by atoms with E-state index >= 15 is 0 Å². The van der Waals surface area contributed by atoms with E-state index in [0.29, 0.717) is 35.7 Å². The minimum Gasteiger partial charge on any atom is -0.489 e. The molecule has 0 fully saturated rings. The van der Waals surface area contributed by atoms with Crippen LogP contribution in [0.4, 0.5) is 15.2 Å². The first-order valence-corrected chi connectivity index (χ1v) is 10.6. The maximum atomic E-state index is 13.2. The number of carbonyl (C=O) groups excluding carboxylic acids is 1. The molecular weight excluding hydrogens is 427 g/mol. The molecule has 0 aliphatic carbocycles. The van der Waals surface area contributed by atoms with Crippen molar-refractivity contribution in [2.24, 2.45) is 0 Å². The maximum absolute atomic E-state index is 13.2. The van der Waals surface area contributed by atoms with Crippen LogP contribution in [0.15, 0.2) is 46.7 Å². The number of rotatable bonds is 8. The Morgan fingerprint density at radius 2 is 1.88 bits per heavy atom. The molecule has 2 N–H and O–H groups in total. The third-order valence-corrected chi connectivity index (χ3v) is 4.38. The Morgan fingerprint density at radius 3 is 2.55 bits per heavy atom. The van der Waals surface area contributed by atoms with Crippen molar-refractivity contribution < 1.29 is 23.1 Å². The highest BCUT2D eigenvalue weighted by Gasteiger charge is 2.16. The number of benzene rings is 1. The average molecular weight is 457 g/mol. The number of halogens is 1. The van der Waals surface area contributed by atoms with E-state index < -0.39 is 11.7 Å². The lowest BCUT2D eigenvalue weighted by atomic mass is 10.2. The number of carbonyl (C=O) groups is 1. The number of hydrogen-bond acceptors (Lipinski definition) is 7. The summed E-state index contributed by atoms with van der Waals surface area (Å²) in [6, 6.07) is 9.56. The van der Waals surface area contributed by atoms with Gasteiger partial charge in [0.05, 0.1) is 6.33 Å². The predicted octanol–water partition coefficient (Wildman–Crippen LogP) is 5.21. The van der Waals surface area contributed by atoms with Gasteiger partial charge in [-0.1, -0.05) is 0 Å². The number of amides is 1. The number of pyridine rings is 1. The van der Waals surface area contributed by atoms with Gasteiger partial charge in [0.2, 0.25) is 0 Å². The van der Waals surface area contributed by atoms with Crippen molar-refractivity contribution in [2.45, 2.75) is 46.8 Å². The lowest BCUT2D eigenvalue weighted by Crippen LogP contribution is -2.34. The zero-order valence-electron chi connectivity index (χ0n) is 19.5. The fourth-order valence-electron chi connectivity index (χ4n) is 3.07. The van der Waals surface area contributed by atoms with Crippen molar-refractivity contribution in [3.63, 3.8) is 0 Å². The summed E-state index contributed by atoms with van der Waals surface area (Å²) in [5.41, 5.74) is 3.81. The fourth-order valence-corrected chi connectivity index (χ4v) is 3.07. The summed E-state index contributed by atoms with van der Waals surface area (Å²) in [7, 11) is 0. The van der Waals surface area contributed by atoms with Crippen LogP contribution in [0.1, 0.15) is 37.7 Å². The van der Waals surface area contributed by atoms with Gasteiger partial charge in [-0.25, -0.2) is 9.18 Å². The van der Waals surface area contributed by atoms with Crippen LogP contribution >= 0.6 is 0 Å². The summed E-state index contributed by atoms with van der Waals surface area (Å²) in [4.78, 5) is 20.5. The van der Waals surface area contributed by atoms with Crippen LogP contribution in [-0.2, 0) is 11.3 Å². The molecule has 9 heteroatoms. The molecule has 0 atom stereocenters. The standard InChI is InChI=1S/C24H29FN4O4/c1-15-8-17(9-16(2)28-15)12-26-22-29-20-7-6-19(10-21(20)32-22)31-14-18(11-25)13-27-23(30)33-24(3,4)5/h6-11H,12-14H2,1-5H3,(H,26,29)(H,27,30)/b18-11+. The smallest absolute Gasteiger partial charge is 0.407 e. The molecule has 8 nitrogen and oxygen atoms in total. The number of fused-ring (bicyclic) bond motifs is 1. The average Bonchev–Trinajstić information content (AvgIpc) is 3.12. The van der Waals surface area contributed by atoms with Gasteiger partial charge in [0.15, 0.2) is 5.58 Å². The van der Waals surface area contributed by atoms with E-state index in [0.717, 1.165) is 17.0 Å². The molecule has 2 heterocycles. The molecule has 0 unspecified atom stereocenters.